The second-order valence-electron chi connectivity index (χ2n) is 7.35. The molecule has 0 atom stereocenters. The molecule has 0 spiro atoms. The van der Waals surface area contributed by atoms with E-state index in [9.17, 15) is 9.59 Å². The lowest BCUT2D eigenvalue weighted by Crippen LogP contribution is -2.37. The first kappa shape index (κ1) is 24.2. The Morgan fingerprint density at radius 3 is 2.76 bits per heavy atom. The highest BCUT2D eigenvalue weighted by molar-refractivity contribution is 6.16. The van der Waals surface area contributed by atoms with Crippen molar-refractivity contribution in [2.24, 2.45) is 5.73 Å². The Morgan fingerprint density at radius 1 is 1.36 bits per heavy atom. The second kappa shape index (κ2) is 11.4. The zero-order valence-electron chi connectivity index (χ0n) is 18.9. The van der Waals surface area contributed by atoms with Crippen LogP contribution in [0.2, 0.25) is 0 Å². The molecule has 0 radical (unpaired) electrons. The van der Waals surface area contributed by atoms with Gasteiger partial charge in [0.2, 0.25) is 5.95 Å². The fraction of sp³-hybridized carbons (Fsp3) is 0.455. The molecule has 0 bridgehead atoms. The van der Waals surface area contributed by atoms with Crippen molar-refractivity contribution in [3.05, 3.63) is 34.3 Å². The van der Waals surface area contributed by atoms with E-state index in [1.165, 1.54) is 11.7 Å². The summed E-state index contributed by atoms with van der Waals surface area (Å²) in [5.74, 6) is 0.170. The van der Waals surface area contributed by atoms with Gasteiger partial charge in [-0.2, -0.15) is 0 Å². The maximum Gasteiger partial charge on any atom is 0.262 e. The number of nitrogens with zero attached hydrogens (tertiary/aromatic N) is 3. The summed E-state index contributed by atoms with van der Waals surface area (Å²) in [7, 11) is 1.48. The quantitative estimate of drug-likeness (QED) is 0.271. The summed E-state index contributed by atoms with van der Waals surface area (Å²) in [6.07, 6.45) is 2.67. The monoisotopic (exact) mass is 458 g/mol. The number of aromatic nitrogens is 2. The molecule has 0 unspecified atom stereocenters. The summed E-state index contributed by atoms with van der Waals surface area (Å²) in [6.45, 7) is 6.76. The normalized spacial score (nSPS) is 14.8. The van der Waals surface area contributed by atoms with Crippen LogP contribution in [0.1, 0.15) is 13.3 Å². The highest BCUT2D eigenvalue weighted by atomic mass is 16.5. The number of carbonyl (C=O) groups is 1. The van der Waals surface area contributed by atoms with Crippen molar-refractivity contribution < 1.29 is 19.0 Å². The van der Waals surface area contributed by atoms with E-state index < -0.39 is 5.91 Å². The molecule has 1 aliphatic heterocycles. The number of benzene rings is 1. The first-order valence-corrected chi connectivity index (χ1v) is 10.8. The number of ether oxygens (including phenoxy) is 3. The van der Waals surface area contributed by atoms with Gasteiger partial charge in [-0.25, -0.2) is 4.98 Å². The molecule has 1 aromatic heterocycles. The molecule has 11 nitrogen and oxygen atoms in total. The Bertz CT molecular complexity index is 1090. The van der Waals surface area contributed by atoms with Gasteiger partial charge < -0.3 is 25.4 Å². The summed E-state index contributed by atoms with van der Waals surface area (Å²) in [5.41, 5.74) is 5.28. The van der Waals surface area contributed by atoms with Crippen molar-refractivity contribution in [2.75, 3.05) is 51.9 Å². The Labute approximate surface area is 191 Å². The number of anilines is 1. The summed E-state index contributed by atoms with van der Waals surface area (Å²) >= 11 is 0. The van der Waals surface area contributed by atoms with Crippen molar-refractivity contribution in [1.29, 1.82) is 5.41 Å². The molecule has 0 aliphatic carbocycles. The van der Waals surface area contributed by atoms with E-state index >= 15 is 0 Å². The highest BCUT2D eigenvalue weighted by Crippen LogP contribution is 2.34. The van der Waals surface area contributed by atoms with Crippen molar-refractivity contribution in [1.82, 2.24) is 14.5 Å². The highest BCUT2D eigenvalue weighted by Gasteiger charge is 2.19. The number of fused-ring (bicyclic) bond motifs is 1. The molecule has 33 heavy (non-hydrogen) atoms. The number of hydrogen-bond acceptors (Lipinski definition) is 9. The van der Waals surface area contributed by atoms with Gasteiger partial charge in [-0.05, 0) is 25.5 Å². The summed E-state index contributed by atoms with van der Waals surface area (Å²) in [5, 5.41) is 10.2. The molecule has 2 aromatic rings. The molecule has 1 amide bonds. The van der Waals surface area contributed by atoms with Gasteiger partial charge in [0.1, 0.15) is 5.52 Å². The number of amides is 1. The molecule has 2 heterocycles. The van der Waals surface area contributed by atoms with E-state index in [0.717, 1.165) is 51.7 Å². The Morgan fingerprint density at radius 2 is 2.12 bits per heavy atom. The third kappa shape index (κ3) is 5.49. The number of carbonyl (C=O) groups excluding carboxylic acids is 1. The molecule has 3 rings (SSSR count). The smallest absolute Gasteiger partial charge is 0.262 e. The van der Waals surface area contributed by atoms with Gasteiger partial charge in [0.25, 0.3) is 11.5 Å². The van der Waals surface area contributed by atoms with Crippen molar-refractivity contribution in [3.63, 3.8) is 0 Å². The first-order valence-electron chi connectivity index (χ1n) is 10.8. The lowest BCUT2D eigenvalue weighted by Gasteiger charge is -2.26. The number of morpholine rings is 1. The Kier molecular flexibility index (Phi) is 8.39. The minimum Gasteiger partial charge on any atom is -0.491 e. The maximum absolute atomic E-state index is 13.1. The van der Waals surface area contributed by atoms with Crippen LogP contribution >= 0.6 is 0 Å². The van der Waals surface area contributed by atoms with Gasteiger partial charge in [0, 0.05) is 38.6 Å². The standard InChI is InChI=1S/C22H30N6O5/c1-3-28-21(30)16-5-6-17(33-10-4-7-27-8-11-32-12-9-27)19(31-2)18(16)25-22(28)26-20(29)15(13-23)14-24/h5-6,13-14,23H,3-4,7-12,24H2,1-2H3,(H,25,26,29)/b15-14+,23-13?. The number of hydrogen-bond donors (Lipinski definition) is 3. The SMILES string of the molecule is CCn1c(NC(=O)/C(C=N)=C/N)nc2c(OC)c(OCCCN3CCOCC3)ccc2c1=O. The lowest BCUT2D eigenvalue weighted by molar-refractivity contribution is -0.112. The van der Waals surface area contributed by atoms with E-state index in [1.807, 2.05) is 0 Å². The van der Waals surface area contributed by atoms with Crippen molar-refractivity contribution in [3.8, 4) is 11.5 Å². The van der Waals surface area contributed by atoms with Crippen LogP contribution < -0.4 is 26.1 Å². The lowest BCUT2D eigenvalue weighted by atomic mass is 10.2. The van der Waals surface area contributed by atoms with Gasteiger partial charge in [-0.1, -0.05) is 0 Å². The zero-order chi connectivity index (χ0) is 23.8. The van der Waals surface area contributed by atoms with Crippen LogP contribution in [0.4, 0.5) is 5.95 Å². The fourth-order valence-electron chi connectivity index (χ4n) is 3.60. The summed E-state index contributed by atoms with van der Waals surface area (Å²) < 4.78 is 18.2. The average molecular weight is 459 g/mol. The molecule has 4 N–H and O–H groups in total. The Hall–Kier alpha value is -3.44. The van der Waals surface area contributed by atoms with Gasteiger partial charge in [-0.15, -0.1) is 0 Å². The van der Waals surface area contributed by atoms with Crippen LogP contribution in [0.25, 0.3) is 10.9 Å². The molecular weight excluding hydrogens is 428 g/mol. The predicted octanol–water partition coefficient (Wildman–Crippen LogP) is 0.957. The van der Waals surface area contributed by atoms with Crippen LogP contribution in [0.3, 0.4) is 0 Å². The van der Waals surface area contributed by atoms with E-state index in [2.05, 4.69) is 15.2 Å². The fourth-order valence-corrected chi connectivity index (χ4v) is 3.60. The molecule has 178 valence electrons. The molecule has 1 aromatic carbocycles. The van der Waals surface area contributed by atoms with Gasteiger partial charge in [-0.3, -0.25) is 24.4 Å². The zero-order valence-corrected chi connectivity index (χ0v) is 18.9. The average Bonchev–Trinajstić information content (AvgIpc) is 2.83. The third-order valence-electron chi connectivity index (χ3n) is 5.37. The molecule has 1 saturated heterocycles. The number of methoxy groups -OCH3 is 1. The largest absolute Gasteiger partial charge is 0.491 e. The minimum atomic E-state index is -0.643. The van der Waals surface area contributed by atoms with E-state index in [-0.39, 0.29) is 29.1 Å². The second-order valence-corrected chi connectivity index (χ2v) is 7.35. The molecule has 1 fully saturated rings. The maximum atomic E-state index is 13.1. The van der Waals surface area contributed by atoms with Crippen LogP contribution in [0.5, 0.6) is 11.5 Å². The third-order valence-corrected chi connectivity index (χ3v) is 5.37. The van der Waals surface area contributed by atoms with Gasteiger partial charge in [0.15, 0.2) is 11.5 Å². The van der Waals surface area contributed by atoms with E-state index in [4.69, 9.17) is 25.4 Å². The van der Waals surface area contributed by atoms with Gasteiger partial charge >= 0.3 is 0 Å². The van der Waals surface area contributed by atoms with Gasteiger partial charge in [0.05, 0.1) is 37.9 Å². The van der Waals surface area contributed by atoms with Crippen molar-refractivity contribution >= 4 is 29.0 Å². The summed E-state index contributed by atoms with van der Waals surface area (Å²) in [6, 6.07) is 3.34. The van der Waals surface area contributed by atoms with Crippen LogP contribution in [0.15, 0.2) is 28.7 Å². The van der Waals surface area contributed by atoms with E-state index in [0.29, 0.717) is 23.5 Å². The topological polar surface area (TPSA) is 145 Å². The number of nitrogens with two attached hydrogens (primary N) is 1. The molecule has 0 saturated carbocycles. The minimum absolute atomic E-state index is 0.0315. The number of rotatable bonds is 10. The van der Waals surface area contributed by atoms with Crippen LogP contribution in [0, 0.1) is 5.41 Å². The Balaban J connectivity index is 1.87. The molecule has 1 aliphatic rings. The first-order chi connectivity index (χ1) is 16.0. The van der Waals surface area contributed by atoms with E-state index in [1.54, 1.807) is 19.1 Å². The molecular formula is C22H30N6O5. The van der Waals surface area contributed by atoms with Crippen LogP contribution in [-0.2, 0) is 16.1 Å². The van der Waals surface area contributed by atoms with Crippen LogP contribution in [-0.4, -0.2) is 73.1 Å². The predicted molar refractivity (Wildman–Crippen MR) is 125 cm³/mol. The number of nitrogens with one attached hydrogen (secondary N) is 2. The molecule has 11 heteroatoms. The van der Waals surface area contributed by atoms with Crippen molar-refractivity contribution in [2.45, 2.75) is 19.9 Å². The summed E-state index contributed by atoms with van der Waals surface area (Å²) in [4.78, 5) is 32.3.